The molecule has 0 saturated carbocycles. The number of ether oxygens (including phenoxy) is 2. The minimum absolute atomic E-state index is 0.0572. The van der Waals surface area contributed by atoms with Crippen LogP contribution in [0.4, 0.5) is 0 Å². The van der Waals surface area contributed by atoms with Crippen molar-refractivity contribution in [2.45, 2.75) is 24.9 Å². The minimum Gasteiger partial charge on any atom is -0.343 e. The summed E-state index contributed by atoms with van der Waals surface area (Å²) < 4.78 is 12.5. The maximum Gasteiger partial charge on any atom is 0.218 e. The SMILES string of the molecule is O=C1CC(n2nnnc2-c2ccccc2)C2COC1O2. The summed E-state index contributed by atoms with van der Waals surface area (Å²) in [4.78, 5) is 11.9. The summed E-state index contributed by atoms with van der Waals surface area (Å²) >= 11 is 0. The van der Waals surface area contributed by atoms with Gasteiger partial charge in [0, 0.05) is 12.0 Å². The van der Waals surface area contributed by atoms with Gasteiger partial charge in [0.05, 0.1) is 12.6 Å². The van der Waals surface area contributed by atoms with Crippen LogP contribution in [0.25, 0.3) is 11.4 Å². The summed E-state index contributed by atoms with van der Waals surface area (Å²) in [5.74, 6) is 0.579. The third kappa shape index (κ3) is 1.75. The van der Waals surface area contributed by atoms with Crippen molar-refractivity contribution in [3.8, 4) is 11.4 Å². The van der Waals surface area contributed by atoms with E-state index >= 15 is 0 Å². The number of aromatic nitrogens is 4. The van der Waals surface area contributed by atoms with Gasteiger partial charge in [-0.2, -0.15) is 0 Å². The van der Waals surface area contributed by atoms with Gasteiger partial charge in [-0.3, -0.25) is 4.79 Å². The van der Waals surface area contributed by atoms with Crippen LogP contribution >= 0.6 is 0 Å². The summed E-state index contributed by atoms with van der Waals surface area (Å²) in [7, 11) is 0. The Morgan fingerprint density at radius 1 is 1.25 bits per heavy atom. The maximum atomic E-state index is 11.9. The van der Waals surface area contributed by atoms with Gasteiger partial charge in [0.1, 0.15) is 6.10 Å². The third-order valence-electron chi connectivity index (χ3n) is 3.65. The molecule has 7 nitrogen and oxygen atoms in total. The number of tetrazole rings is 1. The predicted octanol–water partition coefficient (Wildman–Crippen LogP) is 0.595. The molecule has 102 valence electrons. The third-order valence-corrected chi connectivity index (χ3v) is 3.65. The molecule has 2 bridgehead atoms. The molecule has 0 aliphatic carbocycles. The molecular formula is C13H12N4O3. The van der Waals surface area contributed by atoms with Crippen LogP contribution in [0.2, 0.25) is 0 Å². The van der Waals surface area contributed by atoms with Gasteiger partial charge < -0.3 is 9.47 Å². The second kappa shape index (κ2) is 4.46. The van der Waals surface area contributed by atoms with Crippen LogP contribution in [0.1, 0.15) is 12.5 Å². The zero-order valence-electron chi connectivity index (χ0n) is 10.5. The van der Waals surface area contributed by atoms with E-state index in [0.29, 0.717) is 18.9 Å². The van der Waals surface area contributed by atoms with Gasteiger partial charge in [-0.05, 0) is 10.4 Å². The lowest BCUT2D eigenvalue weighted by atomic mass is 10.0. The Morgan fingerprint density at radius 2 is 2.10 bits per heavy atom. The first-order valence-corrected chi connectivity index (χ1v) is 6.46. The lowest BCUT2D eigenvalue weighted by molar-refractivity contribution is -0.156. The topological polar surface area (TPSA) is 79.1 Å². The number of hydrogen-bond donors (Lipinski definition) is 0. The van der Waals surface area contributed by atoms with Gasteiger partial charge in [0.15, 0.2) is 11.6 Å². The number of rotatable bonds is 2. The molecule has 1 aromatic carbocycles. The van der Waals surface area contributed by atoms with Crippen molar-refractivity contribution in [3.63, 3.8) is 0 Å². The Balaban J connectivity index is 1.73. The molecule has 0 amide bonds. The molecule has 0 N–H and O–H groups in total. The van der Waals surface area contributed by atoms with E-state index in [9.17, 15) is 4.79 Å². The van der Waals surface area contributed by atoms with Gasteiger partial charge in [0.25, 0.3) is 0 Å². The lowest BCUT2D eigenvalue weighted by Crippen LogP contribution is -2.37. The van der Waals surface area contributed by atoms with Gasteiger partial charge >= 0.3 is 0 Å². The highest BCUT2D eigenvalue weighted by atomic mass is 16.7. The van der Waals surface area contributed by atoms with E-state index in [1.165, 1.54) is 0 Å². The summed E-state index contributed by atoms with van der Waals surface area (Å²) in [5.41, 5.74) is 0.908. The average Bonchev–Trinajstić information content (AvgIpc) is 3.13. The van der Waals surface area contributed by atoms with Crippen molar-refractivity contribution in [2.24, 2.45) is 0 Å². The number of ketones is 1. The molecule has 2 aromatic rings. The molecule has 2 aliphatic rings. The lowest BCUT2D eigenvalue weighted by Gasteiger charge is -2.26. The van der Waals surface area contributed by atoms with Crippen LogP contribution in [0.15, 0.2) is 30.3 Å². The molecule has 0 spiro atoms. The van der Waals surface area contributed by atoms with Crippen molar-refractivity contribution in [3.05, 3.63) is 30.3 Å². The van der Waals surface area contributed by atoms with Crippen LogP contribution in [-0.4, -0.2) is 45.0 Å². The standard InChI is InChI=1S/C13H12N4O3/c18-10-6-9(11-7-19-13(10)20-11)17-12(14-15-16-17)8-4-2-1-3-5-8/h1-5,9,11,13H,6-7H2. The van der Waals surface area contributed by atoms with E-state index in [1.807, 2.05) is 30.3 Å². The molecular weight excluding hydrogens is 260 g/mol. The fourth-order valence-corrected chi connectivity index (χ4v) is 2.66. The molecule has 7 heteroatoms. The number of fused-ring (bicyclic) bond motifs is 2. The van der Waals surface area contributed by atoms with E-state index in [4.69, 9.17) is 9.47 Å². The molecule has 2 saturated heterocycles. The van der Waals surface area contributed by atoms with Crippen molar-refractivity contribution >= 4 is 5.78 Å². The normalized spacial score (nSPS) is 28.8. The molecule has 0 radical (unpaired) electrons. The largest absolute Gasteiger partial charge is 0.343 e. The minimum atomic E-state index is -0.701. The molecule has 3 atom stereocenters. The molecule has 2 fully saturated rings. The molecule has 3 heterocycles. The summed E-state index contributed by atoms with van der Waals surface area (Å²) in [6, 6.07) is 9.42. The first-order valence-electron chi connectivity index (χ1n) is 6.46. The smallest absolute Gasteiger partial charge is 0.218 e. The van der Waals surface area contributed by atoms with Gasteiger partial charge in [-0.1, -0.05) is 30.3 Å². The zero-order valence-corrected chi connectivity index (χ0v) is 10.5. The Morgan fingerprint density at radius 3 is 2.95 bits per heavy atom. The molecule has 2 aliphatic heterocycles. The van der Waals surface area contributed by atoms with Crippen LogP contribution < -0.4 is 0 Å². The Hall–Kier alpha value is -2.12. The van der Waals surface area contributed by atoms with E-state index in [0.717, 1.165) is 5.56 Å². The summed E-state index contributed by atoms with van der Waals surface area (Å²) in [6.07, 6.45) is -0.545. The fraction of sp³-hybridized carbons (Fsp3) is 0.385. The van der Waals surface area contributed by atoms with Crippen LogP contribution in [0, 0.1) is 0 Å². The highest BCUT2D eigenvalue weighted by Crippen LogP contribution is 2.34. The Kier molecular flexibility index (Phi) is 2.61. The van der Waals surface area contributed by atoms with Gasteiger partial charge in [-0.25, -0.2) is 4.68 Å². The van der Waals surface area contributed by atoms with E-state index < -0.39 is 6.29 Å². The second-order valence-corrected chi connectivity index (χ2v) is 4.89. The van der Waals surface area contributed by atoms with Crippen molar-refractivity contribution in [1.82, 2.24) is 20.2 Å². The van der Waals surface area contributed by atoms with Crippen LogP contribution in [0.5, 0.6) is 0 Å². The second-order valence-electron chi connectivity index (χ2n) is 4.89. The van der Waals surface area contributed by atoms with E-state index in [1.54, 1.807) is 4.68 Å². The fourth-order valence-electron chi connectivity index (χ4n) is 2.66. The van der Waals surface area contributed by atoms with Crippen molar-refractivity contribution in [2.75, 3.05) is 6.61 Å². The highest BCUT2D eigenvalue weighted by molar-refractivity contribution is 5.83. The van der Waals surface area contributed by atoms with Crippen LogP contribution in [0.3, 0.4) is 0 Å². The molecule has 3 unspecified atom stereocenters. The van der Waals surface area contributed by atoms with Crippen molar-refractivity contribution in [1.29, 1.82) is 0 Å². The number of Topliss-reactive ketones (excluding diaryl/α,β-unsaturated/α-hetero) is 1. The van der Waals surface area contributed by atoms with Crippen LogP contribution in [-0.2, 0) is 14.3 Å². The number of hydrogen-bond acceptors (Lipinski definition) is 6. The summed E-state index contributed by atoms with van der Waals surface area (Å²) in [6.45, 7) is 0.398. The van der Waals surface area contributed by atoms with Gasteiger partial charge in [0.2, 0.25) is 6.29 Å². The van der Waals surface area contributed by atoms with Gasteiger partial charge in [-0.15, -0.1) is 5.10 Å². The zero-order chi connectivity index (χ0) is 13.5. The highest BCUT2D eigenvalue weighted by Gasteiger charge is 2.45. The Labute approximate surface area is 114 Å². The number of carbonyl (C=O) groups is 1. The van der Waals surface area contributed by atoms with Crippen molar-refractivity contribution < 1.29 is 14.3 Å². The number of benzene rings is 1. The monoisotopic (exact) mass is 272 g/mol. The van der Waals surface area contributed by atoms with E-state index in [-0.39, 0.29) is 17.9 Å². The number of carbonyl (C=O) groups excluding carboxylic acids is 1. The molecule has 4 rings (SSSR count). The molecule has 20 heavy (non-hydrogen) atoms. The maximum absolute atomic E-state index is 11.9. The molecule has 1 aromatic heterocycles. The Bertz CT molecular complexity index is 642. The predicted molar refractivity (Wildman–Crippen MR) is 66.5 cm³/mol. The quantitative estimate of drug-likeness (QED) is 0.796. The first kappa shape index (κ1) is 11.7. The first-order chi connectivity index (χ1) is 9.83. The number of nitrogens with zero attached hydrogens (tertiary/aromatic N) is 4. The van der Waals surface area contributed by atoms with E-state index in [2.05, 4.69) is 15.5 Å². The summed E-state index contributed by atoms with van der Waals surface area (Å²) in [5, 5.41) is 11.8. The average molecular weight is 272 g/mol.